The van der Waals surface area contributed by atoms with Crippen LogP contribution in [0.4, 0.5) is 0 Å². The molecule has 2 atom stereocenters. The Kier molecular flexibility index (Phi) is 8.20. The molecule has 0 aromatic carbocycles. The van der Waals surface area contributed by atoms with Crippen LogP contribution in [0.1, 0.15) is 71.6 Å². The number of rotatable bonds is 8. The second-order valence-corrected chi connectivity index (χ2v) is 12.2. The Labute approximate surface area is 190 Å². The van der Waals surface area contributed by atoms with Gasteiger partial charge in [0.2, 0.25) is 0 Å². The molecule has 1 aliphatic heterocycles. The maximum absolute atomic E-state index is 11.1. The topological polar surface area (TPSA) is 63.5 Å². The summed E-state index contributed by atoms with van der Waals surface area (Å²) in [6.07, 6.45) is 19.4. The summed E-state index contributed by atoms with van der Waals surface area (Å²) < 4.78 is 35.8. The van der Waals surface area contributed by atoms with Crippen LogP contribution in [-0.2, 0) is 10.1 Å². The monoisotopic (exact) mass is 450 g/mol. The van der Waals surface area contributed by atoms with Crippen LogP contribution in [0.25, 0.3) is 0 Å². The SMILES string of the molecule is CN(C)C1CCC(C=CC=CC2=[N+](CCCS(=O)(=O)[O-])C3CCCCC3C2(C)C)CC1. The molecule has 0 radical (unpaired) electrons. The minimum atomic E-state index is -4.15. The molecule has 2 unspecified atom stereocenters. The molecule has 0 saturated heterocycles. The summed E-state index contributed by atoms with van der Waals surface area (Å²) in [7, 11) is 0.209. The van der Waals surface area contributed by atoms with Gasteiger partial charge in [-0.05, 0) is 72.4 Å². The van der Waals surface area contributed by atoms with Crippen molar-refractivity contribution >= 4 is 15.8 Å². The molecule has 0 bridgehead atoms. The number of allylic oxidation sites excluding steroid dienone is 4. The van der Waals surface area contributed by atoms with Gasteiger partial charge in [-0.15, -0.1) is 0 Å². The molecule has 0 amide bonds. The standard InChI is InChI=1S/C25H42N2O3S/c1-25(2)22-11-6-7-12-23(22)27(18-9-19-31(28,29)30)24(25)13-8-5-10-20-14-16-21(17-15-20)26(3)4/h5,8,10,13,20-23H,6-7,9,11-12,14-19H2,1-4H3. The molecule has 6 heteroatoms. The molecule has 0 N–H and O–H groups in total. The fourth-order valence-electron chi connectivity index (χ4n) is 6.25. The maximum Gasteiger partial charge on any atom is 0.182 e. The normalized spacial score (nSPS) is 31.8. The summed E-state index contributed by atoms with van der Waals surface area (Å²) in [5.41, 5.74) is 1.39. The summed E-state index contributed by atoms with van der Waals surface area (Å²) in [5.74, 6) is 1.01. The highest BCUT2D eigenvalue weighted by Gasteiger charge is 2.54. The van der Waals surface area contributed by atoms with E-state index in [1.54, 1.807) is 0 Å². The van der Waals surface area contributed by atoms with Crippen molar-refractivity contribution in [3.05, 3.63) is 24.3 Å². The molecule has 3 aliphatic rings. The zero-order chi connectivity index (χ0) is 22.6. The summed E-state index contributed by atoms with van der Waals surface area (Å²) >= 11 is 0. The number of nitrogens with zero attached hydrogens (tertiary/aromatic N) is 2. The molecule has 0 spiro atoms. The van der Waals surface area contributed by atoms with Gasteiger partial charge in [0.25, 0.3) is 0 Å². The van der Waals surface area contributed by atoms with E-state index in [4.69, 9.17) is 0 Å². The fraction of sp³-hybridized carbons (Fsp3) is 0.800. The van der Waals surface area contributed by atoms with Crippen LogP contribution in [0, 0.1) is 17.3 Å². The molecule has 2 fully saturated rings. The lowest BCUT2D eigenvalue weighted by Crippen LogP contribution is -2.35. The van der Waals surface area contributed by atoms with Gasteiger partial charge < -0.3 is 9.45 Å². The average Bonchev–Trinajstić information content (AvgIpc) is 2.92. The van der Waals surface area contributed by atoms with Crippen LogP contribution in [0.2, 0.25) is 0 Å². The van der Waals surface area contributed by atoms with Gasteiger partial charge >= 0.3 is 0 Å². The molecule has 176 valence electrons. The third kappa shape index (κ3) is 6.29. The van der Waals surface area contributed by atoms with Gasteiger partial charge in [-0.1, -0.05) is 24.6 Å². The van der Waals surface area contributed by atoms with Gasteiger partial charge in [0.05, 0.1) is 15.5 Å². The second kappa shape index (κ2) is 10.3. The van der Waals surface area contributed by atoms with E-state index in [9.17, 15) is 13.0 Å². The lowest BCUT2D eigenvalue weighted by Gasteiger charge is -2.31. The van der Waals surface area contributed by atoms with Gasteiger partial charge in [-0.25, -0.2) is 13.0 Å². The molecular formula is C25H42N2O3S. The van der Waals surface area contributed by atoms with E-state index in [-0.39, 0.29) is 11.2 Å². The van der Waals surface area contributed by atoms with Gasteiger partial charge in [-0.2, -0.15) is 0 Å². The summed E-state index contributed by atoms with van der Waals surface area (Å²) in [4.78, 5) is 2.35. The minimum Gasteiger partial charge on any atom is -0.748 e. The zero-order valence-electron chi connectivity index (χ0n) is 19.9. The fourth-order valence-corrected chi connectivity index (χ4v) is 6.73. The molecule has 2 saturated carbocycles. The van der Waals surface area contributed by atoms with Crippen LogP contribution < -0.4 is 0 Å². The quantitative estimate of drug-likeness (QED) is 0.316. The van der Waals surface area contributed by atoms with E-state index in [1.807, 2.05) is 0 Å². The van der Waals surface area contributed by atoms with E-state index in [0.29, 0.717) is 30.8 Å². The van der Waals surface area contributed by atoms with E-state index in [1.165, 1.54) is 57.1 Å². The Morgan fingerprint density at radius 1 is 1.06 bits per heavy atom. The van der Waals surface area contributed by atoms with Crippen molar-refractivity contribution < 1.29 is 17.5 Å². The highest BCUT2D eigenvalue weighted by molar-refractivity contribution is 7.85. The Morgan fingerprint density at radius 2 is 1.74 bits per heavy atom. The Hall–Kier alpha value is -0.980. The van der Waals surface area contributed by atoms with Crippen LogP contribution in [-0.4, -0.2) is 66.6 Å². The second-order valence-electron chi connectivity index (χ2n) is 10.7. The highest BCUT2D eigenvalue weighted by atomic mass is 32.2. The lowest BCUT2D eigenvalue weighted by molar-refractivity contribution is -0.566. The Balaban J connectivity index is 1.70. The van der Waals surface area contributed by atoms with E-state index in [2.05, 4.69) is 61.7 Å². The first-order valence-corrected chi connectivity index (χ1v) is 13.8. The van der Waals surface area contributed by atoms with Crippen molar-refractivity contribution in [1.82, 2.24) is 4.90 Å². The van der Waals surface area contributed by atoms with E-state index < -0.39 is 10.1 Å². The van der Waals surface area contributed by atoms with Crippen LogP contribution in [0.15, 0.2) is 24.3 Å². The molecule has 3 rings (SSSR count). The van der Waals surface area contributed by atoms with Gasteiger partial charge in [0.1, 0.15) is 6.54 Å². The third-order valence-electron chi connectivity index (χ3n) is 8.04. The number of hydrogen-bond donors (Lipinski definition) is 0. The van der Waals surface area contributed by atoms with Crippen LogP contribution in [0.3, 0.4) is 0 Å². The van der Waals surface area contributed by atoms with E-state index in [0.717, 1.165) is 6.04 Å². The first kappa shape index (κ1) is 24.7. The Morgan fingerprint density at radius 3 is 2.39 bits per heavy atom. The van der Waals surface area contributed by atoms with E-state index >= 15 is 0 Å². The molecule has 2 aliphatic carbocycles. The Bertz CT molecular complexity index is 803. The van der Waals surface area contributed by atoms with Crippen molar-refractivity contribution in [2.24, 2.45) is 17.3 Å². The van der Waals surface area contributed by atoms with Crippen molar-refractivity contribution in [2.75, 3.05) is 26.4 Å². The summed E-state index contributed by atoms with van der Waals surface area (Å²) in [6, 6.07) is 1.20. The van der Waals surface area contributed by atoms with Gasteiger partial charge in [0.15, 0.2) is 11.8 Å². The first-order chi connectivity index (χ1) is 14.6. The summed E-state index contributed by atoms with van der Waals surface area (Å²) in [5, 5.41) is 0. The number of fused-ring (bicyclic) bond motifs is 1. The zero-order valence-corrected chi connectivity index (χ0v) is 20.7. The average molecular weight is 451 g/mol. The maximum atomic E-state index is 11.1. The molecule has 5 nitrogen and oxygen atoms in total. The lowest BCUT2D eigenvalue weighted by atomic mass is 9.69. The van der Waals surface area contributed by atoms with Crippen LogP contribution in [0.5, 0.6) is 0 Å². The molecule has 31 heavy (non-hydrogen) atoms. The van der Waals surface area contributed by atoms with Gasteiger partial charge in [-0.3, -0.25) is 0 Å². The molecule has 0 aromatic rings. The molecule has 0 aromatic heterocycles. The van der Waals surface area contributed by atoms with Crippen molar-refractivity contribution in [2.45, 2.75) is 83.7 Å². The minimum absolute atomic E-state index is 0.0789. The van der Waals surface area contributed by atoms with Crippen LogP contribution >= 0.6 is 0 Å². The first-order valence-electron chi connectivity index (χ1n) is 12.2. The van der Waals surface area contributed by atoms with Crippen molar-refractivity contribution in [1.29, 1.82) is 0 Å². The predicted octanol–water partition coefficient (Wildman–Crippen LogP) is 4.21. The molecular weight excluding hydrogens is 408 g/mol. The van der Waals surface area contributed by atoms with Gasteiger partial charge in [0, 0.05) is 36.6 Å². The van der Waals surface area contributed by atoms with Crippen molar-refractivity contribution in [3.63, 3.8) is 0 Å². The smallest absolute Gasteiger partial charge is 0.182 e. The largest absolute Gasteiger partial charge is 0.748 e. The van der Waals surface area contributed by atoms with Crippen molar-refractivity contribution in [3.8, 4) is 0 Å². The number of hydrogen-bond acceptors (Lipinski definition) is 4. The molecule has 1 heterocycles. The predicted molar refractivity (Wildman–Crippen MR) is 127 cm³/mol. The summed E-state index contributed by atoms with van der Waals surface area (Å²) in [6.45, 7) is 5.34. The highest BCUT2D eigenvalue weighted by Crippen LogP contribution is 2.46. The third-order valence-corrected chi connectivity index (χ3v) is 8.83.